The molecule has 7 heteroatoms. The standard InChI is InChI=1S/C17H23N5O2/c1-3-4-16(23)20-14-7-5-13(6-8-14)11-17(24)18-10-9-15-21-19-12-22(15)2/h5-8,12H,3-4,9-11H2,1-2H3,(H,18,24)(H,20,23). The summed E-state index contributed by atoms with van der Waals surface area (Å²) in [6, 6.07) is 7.33. The maximum atomic E-state index is 12.0. The average molecular weight is 329 g/mol. The molecular weight excluding hydrogens is 306 g/mol. The fourth-order valence-corrected chi connectivity index (χ4v) is 2.25. The molecule has 128 valence electrons. The number of aryl methyl sites for hydroxylation is 1. The van der Waals surface area contributed by atoms with E-state index < -0.39 is 0 Å². The van der Waals surface area contributed by atoms with Gasteiger partial charge in [-0.1, -0.05) is 19.1 Å². The number of hydrogen-bond donors (Lipinski definition) is 2. The summed E-state index contributed by atoms with van der Waals surface area (Å²) in [5.74, 6) is 0.800. The molecule has 24 heavy (non-hydrogen) atoms. The number of nitrogens with zero attached hydrogens (tertiary/aromatic N) is 3. The van der Waals surface area contributed by atoms with Gasteiger partial charge in [-0.15, -0.1) is 10.2 Å². The molecule has 2 N–H and O–H groups in total. The maximum absolute atomic E-state index is 12.0. The van der Waals surface area contributed by atoms with Gasteiger partial charge >= 0.3 is 0 Å². The number of nitrogens with one attached hydrogen (secondary N) is 2. The Morgan fingerprint density at radius 1 is 1.17 bits per heavy atom. The van der Waals surface area contributed by atoms with Crippen LogP contribution in [0, 0.1) is 0 Å². The molecule has 1 aromatic carbocycles. The van der Waals surface area contributed by atoms with Gasteiger partial charge < -0.3 is 15.2 Å². The zero-order chi connectivity index (χ0) is 17.4. The zero-order valence-corrected chi connectivity index (χ0v) is 14.1. The van der Waals surface area contributed by atoms with E-state index in [-0.39, 0.29) is 11.8 Å². The van der Waals surface area contributed by atoms with Crippen LogP contribution in [-0.4, -0.2) is 33.1 Å². The van der Waals surface area contributed by atoms with E-state index in [1.165, 1.54) is 0 Å². The molecule has 0 unspecified atom stereocenters. The van der Waals surface area contributed by atoms with Crippen molar-refractivity contribution in [2.45, 2.75) is 32.6 Å². The van der Waals surface area contributed by atoms with Crippen molar-refractivity contribution in [2.24, 2.45) is 7.05 Å². The first-order chi connectivity index (χ1) is 11.6. The lowest BCUT2D eigenvalue weighted by Gasteiger charge is -2.07. The first-order valence-electron chi connectivity index (χ1n) is 8.07. The van der Waals surface area contributed by atoms with E-state index >= 15 is 0 Å². The molecule has 0 aliphatic heterocycles. The third-order valence-corrected chi connectivity index (χ3v) is 3.56. The first-order valence-corrected chi connectivity index (χ1v) is 8.07. The fourth-order valence-electron chi connectivity index (χ4n) is 2.25. The normalized spacial score (nSPS) is 10.4. The summed E-state index contributed by atoms with van der Waals surface area (Å²) in [6.07, 6.45) is 3.92. The Morgan fingerprint density at radius 3 is 2.54 bits per heavy atom. The van der Waals surface area contributed by atoms with E-state index in [9.17, 15) is 9.59 Å². The molecule has 7 nitrogen and oxygen atoms in total. The lowest BCUT2D eigenvalue weighted by atomic mass is 10.1. The molecule has 2 amide bonds. The highest BCUT2D eigenvalue weighted by Gasteiger charge is 2.06. The summed E-state index contributed by atoms with van der Waals surface area (Å²) in [7, 11) is 1.87. The number of carbonyl (C=O) groups excluding carboxylic acids is 2. The second-order valence-electron chi connectivity index (χ2n) is 5.63. The van der Waals surface area contributed by atoms with E-state index in [0.717, 1.165) is 23.5 Å². The van der Waals surface area contributed by atoms with Crippen LogP contribution in [0.4, 0.5) is 5.69 Å². The number of benzene rings is 1. The maximum Gasteiger partial charge on any atom is 0.224 e. The van der Waals surface area contributed by atoms with Gasteiger partial charge in [-0.05, 0) is 24.1 Å². The van der Waals surface area contributed by atoms with Crippen molar-refractivity contribution in [2.75, 3.05) is 11.9 Å². The summed E-state index contributed by atoms with van der Waals surface area (Å²) in [5.41, 5.74) is 1.65. The summed E-state index contributed by atoms with van der Waals surface area (Å²) in [4.78, 5) is 23.5. The van der Waals surface area contributed by atoms with E-state index in [1.54, 1.807) is 6.33 Å². The average Bonchev–Trinajstić information content (AvgIpc) is 2.95. The molecule has 0 fully saturated rings. The number of rotatable bonds is 8. The Bertz CT molecular complexity index is 679. The highest BCUT2D eigenvalue weighted by molar-refractivity contribution is 5.90. The van der Waals surface area contributed by atoms with Crippen LogP contribution in [0.15, 0.2) is 30.6 Å². The molecule has 2 aromatic rings. The minimum Gasteiger partial charge on any atom is -0.355 e. The van der Waals surface area contributed by atoms with Crippen LogP contribution in [0.2, 0.25) is 0 Å². The van der Waals surface area contributed by atoms with E-state index in [0.29, 0.717) is 25.8 Å². The number of anilines is 1. The lowest BCUT2D eigenvalue weighted by molar-refractivity contribution is -0.120. The Labute approximate surface area is 141 Å². The van der Waals surface area contributed by atoms with Gasteiger partial charge in [0.05, 0.1) is 6.42 Å². The minimum absolute atomic E-state index is 0.00627. The number of hydrogen-bond acceptors (Lipinski definition) is 4. The molecule has 1 aromatic heterocycles. The van der Waals surface area contributed by atoms with Gasteiger partial charge in [0.25, 0.3) is 0 Å². The molecule has 0 spiro atoms. The Balaban J connectivity index is 1.75. The van der Waals surface area contributed by atoms with Crippen LogP contribution in [0.5, 0.6) is 0 Å². The van der Waals surface area contributed by atoms with Crippen LogP contribution in [0.1, 0.15) is 31.2 Å². The van der Waals surface area contributed by atoms with Crippen LogP contribution < -0.4 is 10.6 Å². The monoisotopic (exact) mass is 329 g/mol. The minimum atomic E-state index is -0.0417. The predicted octanol–water partition coefficient (Wildman–Crippen LogP) is 1.46. The molecule has 0 aliphatic carbocycles. The summed E-state index contributed by atoms with van der Waals surface area (Å²) in [5, 5.41) is 13.5. The molecule has 0 saturated carbocycles. The molecule has 0 saturated heterocycles. The van der Waals surface area contributed by atoms with Crippen LogP contribution in [0.3, 0.4) is 0 Å². The van der Waals surface area contributed by atoms with Crippen molar-refractivity contribution in [1.82, 2.24) is 20.1 Å². The SMILES string of the molecule is CCCC(=O)Nc1ccc(CC(=O)NCCc2nncn2C)cc1. The van der Waals surface area contributed by atoms with Crippen molar-refractivity contribution < 1.29 is 9.59 Å². The molecule has 1 heterocycles. The van der Waals surface area contributed by atoms with Gasteiger partial charge in [0.2, 0.25) is 11.8 Å². The highest BCUT2D eigenvalue weighted by Crippen LogP contribution is 2.10. The van der Waals surface area contributed by atoms with Gasteiger partial charge in [-0.2, -0.15) is 0 Å². The number of aromatic nitrogens is 3. The second kappa shape index (κ2) is 8.81. The zero-order valence-electron chi connectivity index (χ0n) is 14.1. The molecule has 2 rings (SSSR count). The Hall–Kier alpha value is -2.70. The van der Waals surface area contributed by atoms with Crippen molar-refractivity contribution in [3.63, 3.8) is 0 Å². The van der Waals surface area contributed by atoms with E-state index in [1.807, 2.05) is 42.8 Å². The van der Waals surface area contributed by atoms with Gasteiger partial charge in [0, 0.05) is 32.1 Å². The van der Waals surface area contributed by atoms with Gasteiger partial charge in [-0.25, -0.2) is 0 Å². The second-order valence-corrected chi connectivity index (χ2v) is 5.63. The molecule has 0 bridgehead atoms. The summed E-state index contributed by atoms with van der Waals surface area (Å²) >= 11 is 0. The van der Waals surface area contributed by atoms with Gasteiger partial charge in [-0.3, -0.25) is 9.59 Å². The van der Waals surface area contributed by atoms with Crippen LogP contribution >= 0.6 is 0 Å². The summed E-state index contributed by atoms with van der Waals surface area (Å²) < 4.78 is 1.83. The van der Waals surface area contributed by atoms with E-state index in [4.69, 9.17) is 0 Å². The van der Waals surface area contributed by atoms with Crippen LogP contribution in [0.25, 0.3) is 0 Å². The Morgan fingerprint density at radius 2 is 1.92 bits per heavy atom. The quantitative estimate of drug-likeness (QED) is 0.767. The third kappa shape index (κ3) is 5.49. The van der Waals surface area contributed by atoms with Crippen molar-refractivity contribution in [3.8, 4) is 0 Å². The van der Waals surface area contributed by atoms with Gasteiger partial charge in [0.15, 0.2) is 0 Å². The smallest absolute Gasteiger partial charge is 0.224 e. The molecule has 0 aliphatic rings. The largest absolute Gasteiger partial charge is 0.355 e. The summed E-state index contributed by atoms with van der Waals surface area (Å²) in [6.45, 7) is 2.49. The lowest BCUT2D eigenvalue weighted by Crippen LogP contribution is -2.27. The fraction of sp³-hybridized carbons (Fsp3) is 0.412. The van der Waals surface area contributed by atoms with E-state index in [2.05, 4.69) is 20.8 Å². The van der Waals surface area contributed by atoms with Crippen LogP contribution in [-0.2, 0) is 29.5 Å². The molecule has 0 radical (unpaired) electrons. The Kier molecular flexibility index (Phi) is 6.48. The number of amides is 2. The first kappa shape index (κ1) is 17.7. The van der Waals surface area contributed by atoms with Crippen molar-refractivity contribution in [3.05, 3.63) is 42.0 Å². The molecular formula is C17H23N5O2. The number of carbonyl (C=O) groups is 2. The third-order valence-electron chi connectivity index (χ3n) is 3.56. The van der Waals surface area contributed by atoms with Gasteiger partial charge in [0.1, 0.15) is 12.2 Å². The topological polar surface area (TPSA) is 88.9 Å². The highest BCUT2D eigenvalue weighted by atomic mass is 16.2. The molecule has 0 atom stereocenters. The van der Waals surface area contributed by atoms with Crippen molar-refractivity contribution in [1.29, 1.82) is 0 Å². The predicted molar refractivity (Wildman–Crippen MR) is 91.4 cm³/mol. The van der Waals surface area contributed by atoms with Crippen molar-refractivity contribution >= 4 is 17.5 Å².